The van der Waals surface area contributed by atoms with E-state index in [-0.39, 0.29) is 23.3 Å². The molecule has 31 heavy (non-hydrogen) atoms. The summed E-state index contributed by atoms with van der Waals surface area (Å²) in [6.45, 7) is 5.28. The molecule has 0 N–H and O–H groups in total. The highest BCUT2D eigenvalue weighted by molar-refractivity contribution is 5.92. The summed E-state index contributed by atoms with van der Waals surface area (Å²) in [5, 5.41) is 4.14. The number of carbonyl (C=O) groups is 1. The van der Waals surface area contributed by atoms with E-state index in [9.17, 15) is 4.79 Å². The molecule has 0 aliphatic carbocycles. The van der Waals surface area contributed by atoms with E-state index < -0.39 is 0 Å². The molecule has 0 radical (unpaired) electrons. The van der Waals surface area contributed by atoms with Gasteiger partial charge in [-0.05, 0) is 56.5 Å². The number of hydrogen-bond acceptors (Lipinski definition) is 5. The van der Waals surface area contributed by atoms with Gasteiger partial charge in [0, 0.05) is 30.8 Å². The first-order valence-electron chi connectivity index (χ1n) is 10.6. The monoisotopic (exact) mass is 420 g/mol. The highest BCUT2D eigenvalue weighted by Crippen LogP contribution is 2.30. The number of carbonyl (C=O) groups excluding carboxylic acids is 1. The Morgan fingerprint density at radius 1 is 1.16 bits per heavy atom. The van der Waals surface area contributed by atoms with Gasteiger partial charge >= 0.3 is 0 Å². The Kier molecular flexibility index (Phi) is 6.09. The molecule has 1 amide bonds. The van der Waals surface area contributed by atoms with Gasteiger partial charge < -0.3 is 18.9 Å². The second-order valence-electron chi connectivity index (χ2n) is 8.48. The number of rotatable bonds is 6. The van der Waals surface area contributed by atoms with Gasteiger partial charge in [-0.1, -0.05) is 35.5 Å². The standard InChI is InChI=1S/C25H28N2O4/c1-25(2)16-20(13-14-30-25)27(17-18-7-5-4-6-8-18)24(28)23-15-22(26-31-23)19-9-11-21(29-3)12-10-19/h4-12,15,20H,13-14,16-17H2,1-3H3. The molecule has 0 bridgehead atoms. The van der Waals surface area contributed by atoms with Gasteiger partial charge in [-0.2, -0.15) is 0 Å². The van der Waals surface area contributed by atoms with Crippen LogP contribution in [0.25, 0.3) is 11.3 Å². The van der Waals surface area contributed by atoms with Crippen LogP contribution in [0, 0.1) is 0 Å². The van der Waals surface area contributed by atoms with Crippen LogP contribution in [0.15, 0.2) is 65.2 Å². The predicted molar refractivity (Wildman–Crippen MR) is 118 cm³/mol. The van der Waals surface area contributed by atoms with Crippen molar-refractivity contribution in [3.05, 3.63) is 72.0 Å². The SMILES string of the molecule is COc1ccc(-c2cc(C(=O)N(Cc3ccccc3)C3CCOC(C)(C)C3)on2)cc1. The molecule has 1 aromatic heterocycles. The lowest BCUT2D eigenvalue weighted by Crippen LogP contribution is -2.48. The summed E-state index contributed by atoms with van der Waals surface area (Å²) >= 11 is 0. The highest BCUT2D eigenvalue weighted by atomic mass is 16.5. The maximum atomic E-state index is 13.5. The van der Waals surface area contributed by atoms with Crippen molar-refractivity contribution in [1.29, 1.82) is 0 Å². The Morgan fingerprint density at radius 3 is 2.58 bits per heavy atom. The van der Waals surface area contributed by atoms with Crippen LogP contribution in [-0.2, 0) is 11.3 Å². The molecule has 3 aromatic rings. The van der Waals surface area contributed by atoms with Gasteiger partial charge in [-0.3, -0.25) is 4.79 Å². The van der Waals surface area contributed by atoms with E-state index in [1.54, 1.807) is 13.2 Å². The van der Waals surface area contributed by atoms with E-state index in [1.165, 1.54) is 0 Å². The Morgan fingerprint density at radius 2 is 1.90 bits per heavy atom. The van der Waals surface area contributed by atoms with Crippen molar-refractivity contribution in [3.63, 3.8) is 0 Å². The van der Waals surface area contributed by atoms with Crippen molar-refractivity contribution in [1.82, 2.24) is 10.1 Å². The Bertz CT molecular complexity index is 1010. The molecule has 1 unspecified atom stereocenters. The molecule has 1 atom stereocenters. The molecule has 1 fully saturated rings. The number of aromatic nitrogens is 1. The minimum absolute atomic E-state index is 0.0611. The van der Waals surface area contributed by atoms with Crippen LogP contribution in [0.3, 0.4) is 0 Å². The van der Waals surface area contributed by atoms with Crippen LogP contribution in [0.5, 0.6) is 5.75 Å². The predicted octanol–water partition coefficient (Wildman–Crippen LogP) is 4.95. The van der Waals surface area contributed by atoms with Crippen LogP contribution in [0.1, 0.15) is 42.8 Å². The first-order chi connectivity index (χ1) is 14.9. The third kappa shape index (κ3) is 4.97. The lowest BCUT2D eigenvalue weighted by atomic mass is 9.92. The Balaban J connectivity index is 1.60. The van der Waals surface area contributed by atoms with Crippen molar-refractivity contribution in [2.75, 3.05) is 13.7 Å². The fourth-order valence-corrected chi connectivity index (χ4v) is 4.03. The number of benzene rings is 2. The van der Waals surface area contributed by atoms with E-state index in [2.05, 4.69) is 19.0 Å². The van der Waals surface area contributed by atoms with E-state index in [0.29, 0.717) is 18.8 Å². The number of hydrogen-bond donors (Lipinski definition) is 0. The number of ether oxygens (including phenoxy) is 2. The molecule has 0 spiro atoms. The van der Waals surface area contributed by atoms with Crippen molar-refractivity contribution in [3.8, 4) is 17.0 Å². The maximum Gasteiger partial charge on any atom is 0.293 e. The summed E-state index contributed by atoms with van der Waals surface area (Å²) < 4.78 is 16.6. The number of amides is 1. The molecule has 6 heteroatoms. The molecule has 1 saturated heterocycles. The zero-order valence-electron chi connectivity index (χ0n) is 18.2. The van der Waals surface area contributed by atoms with Crippen molar-refractivity contribution >= 4 is 5.91 Å². The van der Waals surface area contributed by atoms with Crippen molar-refractivity contribution < 1.29 is 18.8 Å². The zero-order valence-corrected chi connectivity index (χ0v) is 18.2. The van der Waals surface area contributed by atoms with Gasteiger partial charge in [0.05, 0.1) is 12.7 Å². The molecule has 0 saturated carbocycles. The second-order valence-corrected chi connectivity index (χ2v) is 8.48. The number of methoxy groups -OCH3 is 1. The van der Waals surface area contributed by atoms with E-state index >= 15 is 0 Å². The molecule has 2 aromatic carbocycles. The van der Waals surface area contributed by atoms with Gasteiger partial charge in [0.2, 0.25) is 5.76 Å². The molecule has 6 nitrogen and oxygen atoms in total. The van der Waals surface area contributed by atoms with E-state index in [4.69, 9.17) is 14.0 Å². The quantitative estimate of drug-likeness (QED) is 0.565. The molecule has 2 heterocycles. The van der Waals surface area contributed by atoms with E-state index in [1.807, 2.05) is 59.5 Å². The van der Waals surface area contributed by atoms with Gasteiger partial charge in [-0.25, -0.2) is 0 Å². The van der Waals surface area contributed by atoms with Crippen LogP contribution >= 0.6 is 0 Å². The van der Waals surface area contributed by atoms with Gasteiger partial charge in [-0.15, -0.1) is 0 Å². The Labute approximate surface area is 182 Å². The normalized spacial score (nSPS) is 17.8. The topological polar surface area (TPSA) is 64.8 Å². The number of nitrogens with zero attached hydrogens (tertiary/aromatic N) is 2. The molecule has 1 aliphatic rings. The van der Waals surface area contributed by atoms with Gasteiger partial charge in [0.25, 0.3) is 5.91 Å². The fourth-order valence-electron chi connectivity index (χ4n) is 4.03. The maximum absolute atomic E-state index is 13.5. The van der Waals surface area contributed by atoms with E-state index in [0.717, 1.165) is 29.7 Å². The molecule has 4 rings (SSSR count). The minimum atomic E-state index is -0.270. The van der Waals surface area contributed by atoms with Gasteiger partial charge in [0.1, 0.15) is 11.4 Å². The minimum Gasteiger partial charge on any atom is -0.497 e. The molecular formula is C25H28N2O4. The summed E-state index contributed by atoms with van der Waals surface area (Å²) in [5.74, 6) is 0.851. The Hall–Kier alpha value is -3.12. The zero-order chi connectivity index (χ0) is 21.8. The lowest BCUT2D eigenvalue weighted by Gasteiger charge is -2.41. The fraction of sp³-hybridized carbons (Fsp3) is 0.360. The van der Waals surface area contributed by atoms with Crippen LogP contribution < -0.4 is 4.74 Å². The third-order valence-electron chi connectivity index (χ3n) is 5.68. The summed E-state index contributed by atoms with van der Waals surface area (Å²) in [7, 11) is 1.63. The second kappa shape index (κ2) is 8.94. The summed E-state index contributed by atoms with van der Waals surface area (Å²) in [4.78, 5) is 15.4. The highest BCUT2D eigenvalue weighted by Gasteiger charge is 2.35. The molecule has 1 aliphatic heterocycles. The molecular weight excluding hydrogens is 392 g/mol. The van der Waals surface area contributed by atoms with Crippen molar-refractivity contribution in [2.24, 2.45) is 0 Å². The first kappa shape index (κ1) is 21.1. The largest absolute Gasteiger partial charge is 0.497 e. The average molecular weight is 421 g/mol. The average Bonchev–Trinajstić information content (AvgIpc) is 3.27. The summed E-state index contributed by atoms with van der Waals surface area (Å²) in [6, 6.07) is 19.3. The summed E-state index contributed by atoms with van der Waals surface area (Å²) in [6.07, 6.45) is 1.56. The molecule has 162 valence electrons. The van der Waals surface area contributed by atoms with Crippen LogP contribution in [0.4, 0.5) is 0 Å². The first-order valence-corrected chi connectivity index (χ1v) is 10.6. The van der Waals surface area contributed by atoms with Crippen molar-refractivity contribution in [2.45, 2.75) is 44.9 Å². The van der Waals surface area contributed by atoms with Gasteiger partial charge in [0.15, 0.2) is 0 Å². The van der Waals surface area contributed by atoms with Crippen LogP contribution in [0.2, 0.25) is 0 Å². The smallest absolute Gasteiger partial charge is 0.293 e. The lowest BCUT2D eigenvalue weighted by molar-refractivity contribution is -0.0795. The summed E-state index contributed by atoms with van der Waals surface area (Å²) in [5.41, 5.74) is 2.30. The van der Waals surface area contributed by atoms with Crippen LogP contribution in [-0.4, -0.2) is 41.3 Å². The third-order valence-corrected chi connectivity index (χ3v) is 5.68.